The highest BCUT2D eigenvalue weighted by Gasteiger charge is 2.11. The van der Waals surface area contributed by atoms with Crippen LogP contribution in [0.25, 0.3) is 0 Å². The molecule has 0 aliphatic rings. The van der Waals surface area contributed by atoms with E-state index in [4.69, 9.17) is 9.47 Å². The second-order valence-corrected chi connectivity index (χ2v) is 4.94. The molecule has 0 aliphatic heterocycles. The molecule has 0 saturated carbocycles. The first-order chi connectivity index (χ1) is 10.6. The van der Waals surface area contributed by atoms with E-state index >= 15 is 0 Å². The predicted octanol–water partition coefficient (Wildman–Crippen LogP) is 2.27. The number of aryl methyl sites for hydroxylation is 1. The summed E-state index contributed by atoms with van der Waals surface area (Å²) in [5.41, 5.74) is 2.94. The van der Waals surface area contributed by atoms with Crippen molar-refractivity contribution in [3.63, 3.8) is 0 Å². The minimum absolute atomic E-state index is 0.0351. The van der Waals surface area contributed by atoms with Crippen LogP contribution in [0.2, 0.25) is 0 Å². The third-order valence-corrected chi connectivity index (χ3v) is 3.43. The molecule has 0 unspecified atom stereocenters. The summed E-state index contributed by atoms with van der Waals surface area (Å²) < 4.78 is 10.5. The normalized spacial score (nSPS) is 10.1. The van der Waals surface area contributed by atoms with Crippen molar-refractivity contribution in [2.75, 3.05) is 14.2 Å². The summed E-state index contributed by atoms with van der Waals surface area (Å²) in [5, 5.41) is 2.90. The Balaban J connectivity index is 2.02. The SMILES string of the molecule is COc1cc(C)c(CC(=O)NCc2ccncc2)cc1OC. The minimum atomic E-state index is -0.0351. The standard InChI is InChI=1S/C17H20N2O3/c1-12-8-15(21-2)16(22-3)9-14(12)10-17(20)19-11-13-4-6-18-7-5-13/h4-9H,10-11H2,1-3H3,(H,19,20). The zero-order valence-electron chi connectivity index (χ0n) is 13.1. The maximum absolute atomic E-state index is 12.1. The third kappa shape index (κ3) is 3.97. The van der Waals surface area contributed by atoms with Crippen molar-refractivity contribution >= 4 is 5.91 Å². The maximum atomic E-state index is 12.1. The van der Waals surface area contributed by atoms with Gasteiger partial charge in [0.05, 0.1) is 20.6 Å². The lowest BCUT2D eigenvalue weighted by Crippen LogP contribution is -2.24. The number of ether oxygens (including phenoxy) is 2. The fourth-order valence-electron chi connectivity index (χ4n) is 2.15. The summed E-state index contributed by atoms with van der Waals surface area (Å²) in [5.74, 6) is 1.26. The van der Waals surface area contributed by atoms with E-state index in [0.717, 1.165) is 16.7 Å². The zero-order valence-corrected chi connectivity index (χ0v) is 13.1. The molecular formula is C17H20N2O3. The van der Waals surface area contributed by atoms with Gasteiger partial charge in [-0.25, -0.2) is 0 Å². The van der Waals surface area contributed by atoms with Gasteiger partial charge < -0.3 is 14.8 Å². The van der Waals surface area contributed by atoms with Gasteiger partial charge in [-0.1, -0.05) is 0 Å². The number of pyridine rings is 1. The number of methoxy groups -OCH3 is 2. The number of hydrogen-bond donors (Lipinski definition) is 1. The van der Waals surface area contributed by atoms with Gasteiger partial charge in [-0.3, -0.25) is 9.78 Å². The average molecular weight is 300 g/mol. The van der Waals surface area contributed by atoms with Crippen LogP contribution in [0.5, 0.6) is 11.5 Å². The molecule has 0 aliphatic carbocycles. The predicted molar refractivity (Wildman–Crippen MR) is 84.1 cm³/mol. The Bertz CT molecular complexity index is 642. The molecule has 5 heteroatoms. The number of benzene rings is 1. The van der Waals surface area contributed by atoms with Crippen LogP contribution in [-0.2, 0) is 17.8 Å². The van der Waals surface area contributed by atoms with E-state index in [1.807, 2.05) is 31.2 Å². The number of aromatic nitrogens is 1. The highest BCUT2D eigenvalue weighted by molar-refractivity contribution is 5.79. The monoisotopic (exact) mass is 300 g/mol. The summed E-state index contributed by atoms with van der Waals surface area (Å²) in [6.45, 7) is 2.45. The molecule has 1 aromatic heterocycles. The van der Waals surface area contributed by atoms with E-state index < -0.39 is 0 Å². The Morgan fingerprint density at radius 1 is 1.14 bits per heavy atom. The Hall–Kier alpha value is -2.56. The highest BCUT2D eigenvalue weighted by atomic mass is 16.5. The first-order valence-electron chi connectivity index (χ1n) is 7.01. The zero-order chi connectivity index (χ0) is 15.9. The maximum Gasteiger partial charge on any atom is 0.224 e. The molecule has 1 amide bonds. The number of nitrogens with one attached hydrogen (secondary N) is 1. The van der Waals surface area contributed by atoms with Crippen molar-refractivity contribution < 1.29 is 14.3 Å². The van der Waals surface area contributed by atoms with Crippen molar-refractivity contribution in [3.8, 4) is 11.5 Å². The number of hydrogen-bond acceptors (Lipinski definition) is 4. The second-order valence-electron chi connectivity index (χ2n) is 4.94. The van der Waals surface area contributed by atoms with Gasteiger partial charge in [-0.2, -0.15) is 0 Å². The van der Waals surface area contributed by atoms with Crippen molar-refractivity contribution in [2.45, 2.75) is 19.9 Å². The van der Waals surface area contributed by atoms with Gasteiger partial charge in [-0.15, -0.1) is 0 Å². The first-order valence-corrected chi connectivity index (χ1v) is 7.01. The van der Waals surface area contributed by atoms with Crippen LogP contribution in [0.1, 0.15) is 16.7 Å². The first kappa shape index (κ1) is 15.8. The van der Waals surface area contributed by atoms with Gasteiger partial charge >= 0.3 is 0 Å². The van der Waals surface area contributed by atoms with Crippen molar-refractivity contribution in [2.24, 2.45) is 0 Å². The van der Waals surface area contributed by atoms with Gasteiger partial charge in [0.1, 0.15) is 0 Å². The van der Waals surface area contributed by atoms with Gasteiger partial charge in [0.2, 0.25) is 5.91 Å². The molecule has 2 aromatic rings. The number of nitrogens with zero attached hydrogens (tertiary/aromatic N) is 1. The van der Waals surface area contributed by atoms with Crippen molar-refractivity contribution in [3.05, 3.63) is 53.3 Å². The molecule has 0 spiro atoms. The molecule has 2 rings (SSSR count). The summed E-state index contributed by atoms with van der Waals surface area (Å²) >= 11 is 0. The molecule has 0 fully saturated rings. The quantitative estimate of drug-likeness (QED) is 0.889. The van der Waals surface area contributed by atoms with E-state index in [1.165, 1.54) is 0 Å². The summed E-state index contributed by atoms with van der Waals surface area (Å²) in [6.07, 6.45) is 3.72. The van der Waals surface area contributed by atoms with Crippen molar-refractivity contribution in [1.29, 1.82) is 0 Å². The molecule has 1 aromatic carbocycles. The smallest absolute Gasteiger partial charge is 0.224 e. The molecule has 0 saturated heterocycles. The Morgan fingerprint density at radius 3 is 2.41 bits per heavy atom. The average Bonchev–Trinajstić information content (AvgIpc) is 2.55. The molecule has 0 bridgehead atoms. The third-order valence-electron chi connectivity index (χ3n) is 3.43. The Morgan fingerprint density at radius 2 is 1.77 bits per heavy atom. The Labute approximate surface area is 130 Å². The topological polar surface area (TPSA) is 60.5 Å². The number of amides is 1. The van der Waals surface area contributed by atoms with Crippen molar-refractivity contribution in [1.82, 2.24) is 10.3 Å². The lowest BCUT2D eigenvalue weighted by molar-refractivity contribution is -0.120. The van der Waals surface area contributed by atoms with E-state index in [0.29, 0.717) is 24.5 Å². The van der Waals surface area contributed by atoms with E-state index in [9.17, 15) is 4.79 Å². The number of carbonyl (C=O) groups excluding carboxylic acids is 1. The van der Waals surface area contributed by atoms with Gasteiger partial charge in [-0.05, 0) is 47.9 Å². The van der Waals surface area contributed by atoms with Crippen LogP contribution < -0.4 is 14.8 Å². The van der Waals surface area contributed by atoms with Crippen LogP contribution in [0, 0.1) is 6.92 Å². The van der Waals surface area contributed by atoms with E-state index in [2.05, 4.69) is 10.3 Å². The molecule has 1 N–H and O–H groups in total. The molecule has 5 nitrogen and oxygen atoms in total. The van der Waals surface area contributed by atoms with Gasteiger partial charge in [0.15, 0.2) is 11.5 Å². The van der Waals surface area contributed by atoms with Gasteiger partial charge in [0, 0.05) is 18.9 Å². The molecule has 0 atom stereocenters. The van der Waals surface area contributed by atoms with Crippen LogP contribution >= 0.6 is 0 Å². The fraction of sp³-hybridized carbons (Fsp3) is 0.294. The van der Waals surface area contributed by atoms with Gasteiger partial charge in [0.25, 0.3) is 0 Å². The largest absolute Gasteiger partial charge is 0.493 e. The Kier molecular flexibility index (Phi) is 5.36. The van der Waals surface area contributed by atoms with Crippen LogP contribution in [0.3, 0.4) is 0 Å². The van der Waals surface area contributed by atoms with Crippen LogP contribution in [0.4, 0.5) is 0 Å². The van der Waals surface area contributed by atoms with Crippen LogP contribution in [-0.4, -0.2) is 25.1 Å². The molecule has 116 valence electrons. The minimum Gasteiger partial charge on any atom is -0.493 e. The molecular weight excluding hydrogens is 280 g/mol. The molecule has 22 heavy (non-hydrogen) atoms. The highest BCUT2D eigenvalue weighted by Crippen LogP contribution is 2.30. The lowest BCUT2D eigenvalue weighted by Gasteiger charge is -2.13. The van der Waals surface area contributed by atoms with E-state index in [1.54, 1.807) is 26.6 Å². The molecule has 0 radical (unpaired) electrons. The number of rotatable bonds is 6. The summed E-state index contributed by atoms with van der Waals surface area (Å²) in [7, 11) is 3.18. The summed E-state index contributed by atoms with van der Waals surface area (Å²) in [4.78, 5) is 16.0. The number of carbonyl (C=O) groups is 1. The lowest BCUT2D eigenvalue weighted by atomic mass is 10.0. The van der Waals surface area contributed by atoms with Crippen LogP contribution in [0.15, 0.2) is 36.7 Å². The van der Waals surface area contributed by atoms with E-state index in [-0.39, 0.29) is 5.91 Å². The summed E-state index contributed by atoms with van der Waals surface area (Å²) in [6, 6.07) is 7.48. The molecule has 1 heterocycles. The fourth-order valence-corrected chi connectivity index (χ4v) is 2.15. The second kappa shape index (κ2) is 7.45.